The summed E-state index contributed by atoms with van der Waals surface area (Å²) in [6.07, 6.45) is 23.3. The number of aliphatic hydroxyl groups is 1. The van der Waals surface area contributed by atoms with Crippen LogP contribution < -0.4 is 4.74 Å². The first-order valence-corrected chi connectivity index (χ1v) is 12.9. The second-order valence-corrected chi connectivity index (χ2v) is 8.85. The Kier molecular flexibility index (Phi) is 13.5. The number of aromatic amines is 2. The van der Waals surface area contributed by atoms with E-state index in [0.29, 0.717) is 13.2 Å². The van der Waals surface area contributed by atoms with E-state index in [1.165, 1.54) is 69.9 Å². The number of ether oxygens (including phenoxy) is 1. The lowest BCUT2D eigenvalue weighted by Gasteiger charge is -2.03. The molecule has 0 saturated carbocycles. The third kappa shape index (κ3) is 9.55. The molecule has 1 aliphatic rings. The zero-order valence-corrected chi connectivity index (χ0v) is 21.5. The first kappa shape index (κ1) is 28.0. The Balaban J connectivity index is 0.00000408. The van der Waals surface area contributed by atoms with Crippen LogP contribution in [0.2, 0.25) is 0 Å². The van der Waals surface area contributed by atoms with Gasteiger partial charge >= 0.3 is 0 Å². The smallest absolute Gasteiger partial charge is 0.144 e. The molecule has 1 aliphatic heterocycles. The van der Waals surface area contributed by atoms with E-state index in [2.05, 4.69) is 28.2 Å². The Morgan fingerprint density at radius 2 is 1.59 bits per heavy atom. The molecule has 0 saturated heterocycles. The maximum Gasteiger partial charge on any atom is 0.144 e. The summed E-state index contributed by atoms with van der Waals surface area (Å²) < 4.78 is 5.83. The van der Waals surface area contributed by atoms with Crippen molar-refractivity contribution in [1.29, 1.82) is 0 Å². The first-order chi connectivity index (χ1) is 16.3. The molecule has 2 aromatic heterocycles. The first-order valence-electron chi connectivity index (χ1n) is 12.9. The molecule has 0 aliphatic carbocycles. The van der Waals surface area contributed by atoms with Crippen molar-refractivity contribution in [3.63, 3.8) is 0 Å². The van der Waals surface area contributed by atoms with Crippen molar-refractivity contribution in [2.24, 2.45) is 4.99 Å². The average molecular weight is 488 g/mol. The highest BCUT2D eigenvalue weighted by molar-refractivity contribution is 5.99. The van der Waals surface area contributed by atoms with Gasteiger partial charge in [-0.15, -0.1) is 12.4 Å². The number of hydrogen-bond acceptors (Lipinski definition) is 3. The molecular formula is C28H42ClN3O2. The van der Waals surface area contributed by atoms with Gasteiger partial charge in [0.2, 0.25) is 0 Å². The van der Waals surface area contributed by atoms with Crippen LogP contribution in [0.5, 0.6) is 5.75 Å². The largest absolute Gasteiger partial charge is 0.492 e. The molecule has 0 atom stereocenters. The second kappa shape index (κ2) is 16.4. The number of aliphatic imine (C=N–C) groups is 1. The summed E-state index contributed by atoms with van der Waals surface area (Å²) in [5.41, 5.74) is 5.18. The van der Waals surface area contributed by atoms with Crippen LogP contribution in [0.1, 0.15) is 89.7 Å². The van der Waals surface area contributed by atoms with Crippen molar-refractivity contribution in [3.8, 4) is 17.1 Å². The number of hydrogen-bond donors (Lipinski definition) is 3. The highest BCUT2D eigenvalue weighted by Gasteiger charge is 2.12. The van der Waals surface area contributed by atoms with Crippen LogP contribution in [0.25, 0.3) is 17.5 Å². The third-order valence-electron chi connectivity index (χ3n) is 6.10. The van der Waals surface area contributed by atoms with Gasteiger partial charge in [0.25, 0.3) is 0 Å². The van der Waals surface area contributed by atoms with Gasteiger partial charge in [-0.3, -0.25) is 4.99 Å². The van der Waals surface area contributed by atoms with Crippen molar-refractivity contribution in [3.05, 3.63) is 47.9 Å². The molecular weight excluding hydrogens is 446 g/mol. The average Bonchev–Trinajstić information content (AvgIpc) is 3.57. The molecule has 6 heteroatoms. The molecule has 3 heterocycles. The highest BCUT2D eigenvalue weighted by atomic mass is 35.5. The minimum Gasteiger partial charge on any atom is -0.492 e. The molecule has 5 nitrogen and oxygen atoms in total. The molecule has 34 heavy (non-hydrogen) atoms. The highest BCUT2D eigenvalue weighted by Crippen LogP contribution is 2.29. The van der Waals surface area contributed by atoms with Crippen LogP contribution in [-0.2, 0) is 0 Å². The molecule has 0 unspecified atom stereocenters. The molecule has 0 amide bonds. The van der Waals surface area contributed by atoms with Crippen molar-refractivity contribution in [2.75, 3.05) is 13.2 Å². The maximum atomic E-state index is 8.79. The fourth-order valence-electron chi connectivity index (χ4n) is 4.28. The van der Waals surface area contributed by atoms with Gasteiger partial charge in [-0.25, -0.2) is 0 Å². The Morgan fingerprint density at radius 3 is 2.21 bits per heavy atom. The van der Waals surface area contributed by atoms with Crippen LogP contribution in [0, 0.1) is 0 Å². The zero-order chi connectivity index (χ0) is 23.1. The van der Waals surface area contributed by atoms with E-state index in [1.807, 2.05) is 31.3 Å². The lowest BCUT2D eigenvalue weighted by atomic mass is 10.0. The van der Waals surface area contributed by atoms with E-state index in [4.69, 9.17) is 14.8 Å². The predicted molar refractivity (Wildman–Crippen MR) is 146 cm³/mol. The molecule has 2 aromatic rings. The Morgan fingerprint density at radius 1 is 0.912 bits per heavy atom. The van der Waals surface area contributed by atoms with Crippen LogP contribution >= 0.6 is 12.4 Å². The van der Waals surface area contributed by atoms with Crippen molar-refractivity contribution < 1.29 is 9.84 Å². The fraction of sp³-hybridized carbons (Fsp3) is 0.536. The van der Waals surface area contributed by atoms with Gasteiger partial charge in [0.05, 0.1) is 29.4 Å². The number of aliphatic hydroxyl groups excluding tert-OH is 1. The standard InChI is InChI=1S/C28H41N3O2.ClH/c1-2-33-28-22-26(25-16-14-19-29-25)31-27(28)21-24-18-17-23(30-24)15-12-10-8-6-4-3-5-7-9-11-13-20-32;/h14,16-19,21-22,29,31-32H,2-13,15,20H2,1H3;1H. The second-order valence-electron chi connectivity index (χ2n) is 8.85. The van der Waals surface area contributed by atoms with Gasteiger partial charge in [0, 0.05) is 24.6 Å². The molecule has 0 radical (unpaired) electrons. The van der Waals surface area contributed by atoms with E-state index in [1.54, 1.807) is 0 Å². The number of nitrogens with one attached hydrogen (secondary N) is 2. The Labute approximate surface area is 211 Å². The molecule has 0 aromatic carbocycles. The number of halogens is 1. The van der Waals surface area contributed by atoms with Gasteiger partial charge in [0.15, 0.2) is 0 Å². The molecule has 3 N–H and O–H groups in total. The maximum absolute atomic E-state index is 8.79. The zero-order valence-electron chi connectivity index (χ0n) is 20.7. The summed E-state index contributed by atoms with van der Waals surface area (Å²) in [7, 11) is 0. The molecule has 188 valence electrons. The molecule has 0 fully saturated rings. The topological polar surface area (TPSA) is 73.4 Å². The Bertz CT molecular complexity index is 897. The number of aromatic nitrogens is 2. The Hall–Kier alpha value is -2.24. The summed E-state index contributed by atoms with van der Waals surface area (Å²) in [4.78, 5) is 11.5. The number of allylic oxidation sites excluding steroid dienone is 2. The van der Waals surface area contributed by atoms with Crippen LogP contribution in [0.4, 0.5) is 0 Å². The summed E-state index contributed by atoms with van der Waals surface area (Å²) in [5, 5.41) is 8.79. The van der Waals surface area contributed by atoms with E-state index in [0.717, 1.165) is 41.4 Å². The predicted octanol–water partition coefficient (Wildman–Crippen LogP) is 7.86. The van der Waals surface area contributed by atoms with Gasteiger partial charge in [-0.05, 0) is 56.5 Å². The van der Waals surface area contributed by atoms with Gasteiger partial charge < -0.3 is 19.8 Å². The fourth-order valence-corrected chi connectivity index (χ4v) is 4.28. The number of nitrogens with zero attached hydrogens (tertiary/aromatic N) is 1. The van der Waals surface area contributed by atoms with Crippen LogP contribution in [0.3, 0.4) is 0 Å². The molecule has 0 spiro atoms. The van der Waals surface area contributed by atoms with E-state index in [9.17, 15) is 0 Å². The van der Waals surface area contributed by atoms with Crippen LogP contribution in [0.15, 0.2) is 47.2 Å². The lowest BCUT2D eigenvalue weighted by molar-refractivity contribution is 0.282. The van der Waals surface area contributed by atoms with E-state index in [-0.39, 0.29) is 12.4 Å². The monoisotopic (exact) mass is 487 g/mol. The number of rotatable bonds is 17. The lowest BCUT2D eigenvalue weighted by Crippen LogP contribution is -1.92. The number of H-pyrrole nitrogens is 2. The summed E-state index contributed by atoms with van der Waals surface area (Å²) >= 11 is 0. The summed E-state index contributed by atoms with van der Waals surface area (Å²) in [5.74, 6) is 0.858. The van der Waals surface area contributed by atoms with E-state index < -0.39 is 0 Å². The van der Waals surface area contributed by atoms with Crippen molar-refractivity contribution in [2.45, 2.75) is 84.0 Å². The van der Waals surface area contributed by atoms with Gasteiger partial charge in [-0.2, -0.15) is 0 Å². The molecule has 3 rings (SSSR count). The summed E-state index contributed by atoms with van der Waals surface area (Å²) in [6, 6.07) is 6.08. The normalized spacial score (nSPS) is 13.9. The third-order valence-corrected chi connectivity index (χ3v) is 6.10. The van der Waals surface area contributed by atoms with Crippen molar-refractivity contribution in [1.82, 2.24) is 9.97 Å². The number of unbranched alkanes of at least 4 members (excludes halogenated alkanes) is 10. The van der Waals surface area contributed by atoms with Gasteiger partial charge in [-0.1, -0.05) is 57.8 Å². The SMILES string of the molecule is CCOc1cc(-c2ccc[nH]2)[nH]c1C=C1C=CC(CCCCCCCCCCCCCO)=N1.Cl. The summed E-state index contributed by atoms with van der Waals surface area (Å²) in [6.45, 7) is 2.98. The minimum atomic E-state index is 0. The quantitative estimate of drug-likeness (QED) is 0.199. The van der Waals surface area contributed by atoms with Crippen molar-refractivity contribution >= 4 is 24.2 Å². The minimum absolute atomic E-state index is 0. The van der Waals surface area contributed by atoms with E-state index >= 15 is 0 Å². The van der Waals surface area contributed by atoms with Crippen LogP contribution in [-0.4, -0.2) is 34.0 Å². The van der Waals surface area contributed by atoms with Gasteiger partial charge in [0.1, 0.15) is 5.75 Å². The molecule has 0 bridgehead atoms.